The highest BCUT2D eigenvalue weighted by Gasteiger charge is 2.76. The maximum absolute atomic E-state index is 14.4. The van der Waals surface area contributed by atoms with Crippen LogP contribution in [0.15, 0.2) is 55.6 Å². The van der Waals surface area contributed by atoms with Crippen molar-refractivity contribution < 1.29 is 19.5 Å². The van der Waals surface area contributed by atoms with Gasteiger partial charge in [-0.2, -0.15) is 0 Å². The van der Waals surface area contributed by atoms with Crippen LogP contribution in [-0.4, -0.2) is 86.4 Å². The van der Waals surface area contributed by atoms with E-state index in [2.05, 4.69) is 20.1 Å². The van der Waals surface area contributed by atoms with Gasteiger partial charge in [-0.05, 0) is 24.8 Å². The highest BCUT2D eigenvalue weighted by Crippen LogP contribution is 2.69. The molecule has 3 unspecified atom stereocenters. The normalized spacial score (nSPS) is 31.2. The molecule has 4 rings (SSSR count). The maximum Gasteiger partial charge on any atom is 0.247 e. The Morgan fingerprint density at radius 3 is 2.50 bits per heavy atom. The second-order valence-corrected chi connectivity index (χ2v) is 11.9. The van der Waals surface area contributed by atoms with Crippen LogP contribution in [0.3, 0.4) is 0 Å². The Morgan fingerprint density at radius 1 is 1.22 bits per heavy atom. The van der Waals surface area contributed by atoms with Crippen molar-refractivity contribution in [3.05, 3.63) is 61.2 Å². The number of aliphatic hydroxyl groups is 1. The maximum atomic E-state index is 14.4. The summed E-state index contributed by atoms with van der Waals surface area (Å²) in [4.78, 5) is 47.0. The predicted octanol–water partition coefficient (Wildman–Crippen LogP) is 2.56. The van der Waals surface area contributed by atoms with Gasteiger partial charge in [0.15, 0.2) is 0 Å². The molecular weight excluding hydrogens is 474 g/mol. The van der Waals surface area contributed by atoms with Gasteiger partial charge in [-0.15, -0.1) is 24.9 Å². The van der Waals surface area contributed by atoms with Gasteiger partial charge < -0.3 is 19.8 Å². The molecule has 1 aromatic rings. The lowest BCUT2D eigenvalue weighted by Gasteiger charge is -2.41. The molecule has 7 nitrogen and oxygen atoms in total. The number of likely N-dealkylation sites (N-methyl/N-ethyl adjacent to an activating group) is 1. The fourth-order valence-electron chi connectivity index (χ4n) is 6.49. The van der Waals surface area contributed by atoms with Crippen LogP contribution < -0.4 is 0 Å². The van der Waals surface area contributed by atoms with E-state index in [1.807, 2.05) is 30.3 Å². The fourth-order valence-corrected chi connectivity index (χ4v) is 8.88. The number of rotatable bonds is 10. The Labute approximate surface area is 218 Å². The number of benzene rings is 1. The van der Waals surface area contributed by atoms with Crippen molar-refractivity contribution in [1.82, 2.24) is 14.7 Å². The first-order valence-electron chi connectivity index (χ1n) is 12.6. The van der Waals surface area contributed by atoms with Gasteiger partial charge in [0.05, 0.1) is 29.2 Å². The fraction of sp³-hybridized carbons (Fsp3) is 0.536. The molecule has 1 spiro atoms. The second kappa shape index (κ2) is 10.4. The predicted molar refractivity (Wildman–Crippen MR) is 142 cm³/mol. The van der Waals surface area contributed by atoms with Gasteiger partial charge in [0.1, 0.15) is 6.04 Å². The molecule has 2 bridgehead atoms. The number of fused-ring (bicyclic) bond motifs is 1. The monoisotopic (exact) mass is 511 g/mol. The lowest BCUT2D eigenvalue weighted by Crippen LogP contribution is -2.58. The molecule has 36 heavy (non-hydrogen) atoms. The average Bonchev–Trinajstić information content (AvgIpc) is 3.47. The number of hydrogen-bond acceptors (Lipinski definition) is 5. The molecule has 3 fully saturated rings. The Bertz CT molecular complexity index is 1030. The van der Waals surface area contributed by atoms with Crippen LogP contribution >= 0.6 is 11.8 Å². The number of aliphatic hydroxyl groups excluding tert-OH is 1. The zero-order valence-electron chi connectivity index (χ0n) is 21.4. The summed E-state index contributed by atoms with van der Waals surface area (Å²) in [5.41, 5.74) is 0.989. The summed E-state index contributed by atoms with van der Waals surface area (Å²) >= 11 is 1.65. The molecule has 0 saturated carbocycles. The summed E-state index contributed by atoms with van der Waals surface area (Å²) in [7, 11) is 1.73. The van der Waals surface area contributed by atoms with Gasteiger partial charge in [-0.25, -0.2) is 0 Å². The largest absolute Gasteiger partial charge is 0.394 e. The summed E-state index contributed by atoms with van der Waals surface area (Å²) in [6.45, 7) is 12.4. The van der Waals surface area contributed by atoms with Gasteiger partial charge in [-0.3, -0.25) is 14.4 Å². The van der Waals surface area contributed by atoms with E-state index in [9.17, 15) is 19.5 Å². The van der Waals surface area contributed by atoms with E-state index in [1.54, 1.807) is 52.6 Å². The molecule has 1 aromatic carbocycles. The van der Waals surface area contributed by atoms with Crippen LogP contribution in [0, 0.1) is 17.8 Å². The number of thioether (sulfide) groups is 1. The SMILES string of the molecule is C=CCN(C)C(=O)[C@@H]1[C@@H]2CC(C)C3(S2)C(C(=O)N(CC=C)Cc2ccccc2)N([C@H](C)CO)C(=O)[C@H]13. The minimum atomic E-state index is -0.756. The van der Waals surface area contributed by atoms with Gasteiger partial charge in [-0.1, -0.05) is 49.4 Å². The van der Waals surface area contributed by atoms with E-state index in [-0.39, 0.29) is 35.5 Å². The average molecular weight is 512 g/mol. The van der Waals surface area contributed by atoms with E-state index in [0.717, 1.165) is 12.0 Å². The number of hydrogen-bond donors (Lipinski definition) is 1. The van der Waals surface area contributed by atoms with Crippen LogP contribution in [0.5, 0.6) is 0 Å². The molecule has 8 heteroatoms. The van der Waals surface area contributed by atoms with Crippen LogP contribution in [0.25, 0.3) is 0 Å². The van der Waals surface area contributed by atoms with Gasteiger partial charge in [0, 0.05) is 31.9 Å². The molecule has 0 radical (unpaired) electrons. The van der Waals surface area contributed by atoms with Gasteiger partial charge in [0.25, 0.3) is 0 Å². The van der Waals surface area contributed by atoms with Crippen molar-refractivity contribution in [1.29, 1.82) is 0 Å². The van der Waals surface area contributed by atoms with Crippen molar-refractivity contribution in [2.24, 2.45) is 17.8 Å². The molecule has 3 aliphatic rings. The van der Waals surface area contributed by atoms with E-state index in [1.165, 1.54) is 0 Å². The van der Waals surface area contributed by atoms with Crippen molar-refractivity contribution >= 4 is 29.5 Å². The van der Waals surface area contributed by atoms with Crippen molar-refractivity contribution in [3.8, 4) is 0 Å². The van der Waals surface area contributed by atoms with Gasteiger partial charge >= 0.3 is 0 Å². The zero-order chi connectivity index (χ0) is 26.2. The summed E-state index contributed by atoms with van der Waals surface area (Å²) in [6.07, 6.45) is 4.15. The van der Waals surface area contributed by atoms with Crippen LogP contribution in [0.4, 0.5) is 0 Å². The Hall–Kier alpha value is -2.58. The van der Waals surface area contributed by atoms with Gasteiger partial charge in [0.2, 0.25) is 17.7 Å². The van der Waals surface area contributed by atoms with Crippen molar-refractivity contribution in [2.45, 2.75) is 48.9 Å². The minimum Gasteiger partial charge on any atom is -0.394 e. The Balaban J connectivity index is 1.77. The molecule has 3 amide bonds. The highest BCUT2D eigenvalue weighted by atomic mass is 32.2. The Kier molecular flexibility index (Phi) is 7.67. The first-order chi connectivity index (χ1) is 17.2. The van der Waals surface area contributed by atoms with E-state index < -0.39 is 28.7 Å². The molecular formula is C28H37N3O4S. The summed E-state index contributed by atoms with van der Waals surface area (Å²) in [6, 6.07) is 8.46. The zero-order valence-corrected chi connectivity index (χ0v) is 22.2. The molecule has 3 aliphatic heterocycles. The third kappa shape index (κ3) is 4.08. The standard InChI is InChI=1S/C28H37N3O4S/c1-6-13-29(5)25(33)22-21-15-18(3)28(36-21)23(22)26(34)31(19(4)17-32)24(28)27(35)30(14-7-2)16-20-11-9-8-10-12-20/h6-12,18-19,21-24,32H,1-2,13-17H2,3-5H3/t18?,19-,21+,22-,23+,24?,28?/m1/s1. The van der Waals surface area contributed by atoms with Crippen molar-refractivity contribution in [2.75, 3.05) is 26.7 Å². The quantitative estimate of drug-likeness (QED) is 0.489. The highest BCUT2D eigenvalue weighted by molar-refractivity contribution is 8.02. The van der Waals surface area contributed by atoms with E-state index in [0.29, 0.717) is 19.6 Å². The number of nitrogens with zero attached hydrogens (tertiary/aromatic N) is 3. The molecule has 0 aliphatic carbocycles. The molecule has 0 aromatic heterocycles. The number of carbonyl (C=O) groups is 3. The number of likely N-dealkylation sites (tertiary alicyclic amines) is 1. The minimum absolute atomic E-state index is 0.0161. The lowest BCUT2D eigenvalue weighted by atomic mass is 9.65. The first-order valence-corrected chi connectivity index (χ1v) is 13.5. The third-order valence-corrected chi connectivity index (χ3v) is 10.2. The molecule has 194 valence electrons. The van der Waals surface area contributed by atoms with E-state index >= 15 is 0 Å². The molecule has 7 atom stereocenters. The van der Waals surface area contributed by atoms with Crippen molar-refractivity contribution in [3.63, 3.8) is 0 Å². The van der Waals surface area contributed by atoms with E-state index in [4.69, 9.17) is 0 Å². The summed E-state index contributed by atoms with van der Waals surface area (Å²) in [5, 5.41) is 10.1. The van der Waals surface area contributed by atoms with Crippen LogP contribution in [0.2, 0.25) is 0 Å². The lowest BCUT2D eigenvalue weighted by molar-refractivity contribution is -0.146. The number of carbonyl (C=O) groups excluding carboxylic acids is 3. The molecule has 3 heterocycles. The smallest absolute Gasteiger partial charge is 0.247 e. The van der Waals surface area contributed by atoms with Crippen LogP contribution in [0.1, 0.15) is 25.8 Å². The second-order valence-electron chi connectivity index (χ2n) is 10.3. The summed E-state index contributed by atoms with van der Waals surface area (Å²) in [5.74, 6) is -1.43. The molecule has 1 N–H and O–H groups in total. The molecule has 3 saturated heterocycles. The summed E-state index contributed by atoms with van der Waals surface area (Å²) < 4.78 is -0.715. The number of amides is 3. The van der Waals surface area contributed by atoms with Crippen LogP contribution in [-0.2, 0) is 20.9 Å². The topological polar surface area (TPSA) is 81.2 Å². The third-order valence-electron chi connectivity index (χ3n) is 8.10. The Morgan fingerprint density at radius 2 is 1.89 bits per heavy atom. The first kappa shape index (κ1) is 26.5.